The lowest BCUT2D eigenvalue weighted by molar-refractivity contribution is -0.138. The smallest absolute Gasteiger partial charge is 0.303 e. The van der Waals surface area contributed by atoms with E-state index in [-0.39, 0.29) is 44.8 Å². The predicted octanol–water partition coefficient (Wildman–Crippen LogP) is 1.44. The summed E-state index contributed by atoms with van der Waals surface area (Å²) in [6.45, 7) is 5.66. The van der Waals surface area contributed by atoms with Crippen molar-refractivity contribution < 1.29 is 32.5 Å². The zero-order chi connectivity index (χ0) is 25.8. The fraction of sp³-hybridized carbons (Fsp3) is 0.522. The van der Waals surface area contributed by atoms with Gasteiger partial charge in [-0.05, 0) is 45.8 Å². The quantitative estimate of drug-likeness (QED) is 0.279. The second-order valence-corrected chi connectivity index (χ2v) is 10.4. The second-order valence-electron chi connectivity index (χ2n) is 8.87. The third kappa shape index (κ3) is 13.1. The number of nitrogens with zero attached hydrogens (tertiary/aromatic N) is 1. The van der Waals surface area contributed by atoms with E-state index >= 15 is 0 Å². The molecule has 1 aliphatic rings. The van der Waals surface area contributed by atoms with Crippen molar-refractivity contribution in [2.75, 3.05) is 25.4 Å². The SMILES string of the molecule is CC(C)(C)NC(CNC(=O)C1=C/C=C\C=C/C=C\1)C(=O)N(CCCC(=O)O)CCCS(=O)(=O)O. The maximum absolute atomic E-state index is 13.3. The van der Waals surface area contributed by atoms with Gasteiger partial charge in [0.25, 0.3) is 16.0 Å². The monoisotopic (exact) mass is 497 g/mol. The Morgan fingerprint density at radius 1 is 1.03 bits per heavy atom. The highest BCUT2D eigenvalue weighted by Gasteiger charge is 2.28. The van der Waals surface area contributed by atoms with Gasteiger partial charge >= 0.3 is 5.97 Å². The van der Waals surface area contributed by atoms with Crippen LogP contribution in [0, 0.1) is 0 Å². The van der Waals surface area contributed by atoms with Gasteiger partial charge in [-0.25, -0.2) is 0 Å². The maximum atomic E-state index is 13.3. The Morgan fingerprint density at radius 3 is 2.26 bits per heavy atom. The summed E-state index contributed by atoms with van der Waals surface area (Å²) in [4.78, 5) is 38.3. The molecule has 0 saturated heterocycles. The number of hydrogen-bond acceptors (Lipinski definition) is 6. The Kier molecular flexibility index (Phi) is 11.9. The van der Waals surface area contributed by atoms with E-state index < -0.39 is 39.3 Å². The van der Waals surface area contributed by atoms with E-state index in [4.69, 9.17) is 9.66 Å². The van der Waals surface area contributed by atoms with Crippen LogP contribution in [0.2, 0.25) is 0 Å². The van der Waals surface area contributed by atoms with Crippen LogP contribution in [-0.4, -0.2) is 77.7 Å². The number of aliphatic carboxylic acids is 1. The molecular weight excluding hydrogens is 462 g/mol. The molecule has 1 unspecified atom stereocenters. The zero-order valence-corrected chi connectivity index (χ0v) is 20.7. The second kappa shape index (κ2) is 13.8. The predicted molar refractivity (Wildman–Crippen MR) is 130 cm³/mol. The summed E-state index contributed by atoms with van der Waals surface area (Å²) in [5, 5.41) is 14.8. The molecule has 0 heterocycles. The normalized spacial score (nSPS) is 19.0. The minimum Gasteiger partial charge on any atom is -0.481 e. The summed E-state index contributed by atoms with van der Waals surface area (Å²) in [6, 6.07) is -0.840. The van der Waals surface area contributed by atoms with Crippen molar-refractivity contribution in [1.29, 1.82) is 0 Å². The number of carboxylic acids is 1. The summed E-state index contributed by atoms with van der Waals surface area (Å²) in [5.74, 6) is -2.30. The molecule has 1 rings (SSSR count). The molecule has 190 valence electrons. The number of nitrogens with one attached hydrogen (secondary N) is 2. The highest BCUT2D eigenvalue weighted by molar-refractivity contribution is 7.85. The summed E-state index contributed by atoms with van der Waals surface area (Å²) in [7, 11) is -4.20. The molecular formula is C23H35N3O7S. The molecule has 10 nitrogen and oxygen atoms in total. The van der Waals surface area contributed by atoms with Gasteiger partial charge in [0.1, 0.15) is 6.04 Å². The van der Waals surface area contributed by atoms with Crippen LogP contribution in [0.25, 0.3) is 0 Å². The number of carbonyl (C=O) groups is 3. The summed E-state index contributed by atoms with van der Waals surface area (Å²) >= 11 is 0. The van der Waals surface area contributed by atoms with E-state index in [1.165, 1.54) is 4.90 Å². The first-order valence-electron chi connectivity index (χ1n) is 11.0. The Labute approximate surface area is 201 Å². The molecule has 0 saturated carbocycles. The summed E-state index contributed by atoms with van der Waals surface area (Å²) in [6.07, 6.45) is 12.2. The molecule has 0 bridgehead atoms. The molecule has 1 atom stereocenters. The van der Waals surface area contributed by atoms with Gasteiger partial charge in [0.2, 0.25) is 5.91 Å². The zero-order valence-electron chi connectivity index (χ0n) is 19.9. The third-order valence-corrected chi connectivity index (χ3v) is 5.40. The molecule has 0 aromatic carbocycles. The number of carboxylic acid groups (broad SMARTS) is 1. The number of allylic oxidation sites excluding steroid dienone is 6. The molecule has 34 heavy (non-hydrogen) atoms. The van der Waals surface area contributed by atoms with Crippen molar-refractivity contribution in [3.63, 3.8) is 0 Å². The minimum atomic E-state index is -4.20. The molecule has 0 aromatic heterocycles. The number of amides is 2. The number of rotatable bonds is 13. The van der Waals surface area contributed by atoms with Gasteiger partial charge in [-0.1, -0.05) is 30.4 Å². The Morgan fingerprint density at radius 2 is 1.65 bits per heavy atom. The standard InChI is InChI=1S/C23H35N3O7S/c1-23(2,3)25-19(17-24-21(29)18-11-7-5-4-6-8-12-18)22(30)26(14-9-13-20(27)28)15-10-16-34(31,32)33/h4-8,11-12,19,25H,9-10,13-17H2,1-3H3,(H,24,29)(H,27,28)(H,31,32,33)/b5-4-,6-4?,7-5?,8-6-,11-7-,12-8?,18-11?,18-12+. The summed E-state index contributed by atoms with van der Waals surface area (Å²) < 4.78 is 31.2. The first kappa shape index (κ1) is 29.3. The van der Waals surface area contributed by atoms with Gasteiger partial charge < -0.3 is 15.3 Å². The van der Waals surface area contributed by atoms with Crippen LogP contribution < -0.4 is 10.6 Å². The molecule has 0 aromatic rings. The Hall–Kier alpha value is -2.76. The van der Waals surface area contributed by atoms with Crippen molar-refractivity contribution >= 4 is 27.9 Å². The number of carbonyl (C=O) groups excluding carboxylic acids is 2. The van der Waals surface area contributed by atoms with E-state index in [1.54, 1.807) is 36.5 Å². The highest BCUT2D eigenvalue weighted by Crippen LogP contribution is 2.08. The van der Waals surface area contributed by atoms with Crippen molar-refractivity contribution in [3.05, 3.63) is 48.1 Å². The first-order chi connectivity index (χ1) is 15.8. The van der Waals surface area contributed by atoms with E-state index in [1.807, 2.05) is 26.8 Å². The Balaban J connectivity index is 2.97. The molecule has 2 amide bonds. The largest absolute Gasteiger partial charge is 0.481 e. The van der Waals surface area contributed by atoms with Gasteiger partial charge in [-0.15, -0.1) is 0 Å². The summed E-state index contributed by atoms with van der Waals surface area (Å²) in [5.41, 5.74) is -0.0758. The van der Waals surface area contributed by atoms with E-state index in [9.17, 15) is 22.8 Å². The molecule has 0 fully saturated rings. The maximum Gasteiger partial charge on any atom is 0.303 e. The van der Waals surface area contributed by atoms with E-state index in [0.29, 0.717) is 5.57 Å². The van der Waals surface area contributed by atoms with Gasteiger partial charge in [0, 0.05) is 37.2 Å². The molecule has 0 aliphatic heterocycles. The average Bonchev–Trinajstić information content (AvgIpc) is 2.67. The lowest BCUT2D eigenvalue weighted by atomic mass is 10.1. The average molecular weight is 498 g/mol. The van der Waals surface area contributed by atoms with Crippen LogP contribution in [-0.2, 0) is 24.5 Å². The van der Waals surface area contributed by atoms with Crippen LogP contribution >= 0.6 is 0 Å². The van der Waals surface area contributed by atoms with Crippen molar-refractivity contribution in [2.45, 2.75) is 51.6 Å². The first-order valence-corrected chi connectivity index (χ1v) is 12.6. The lowest BCUT2D eigenvalue weighted by Gasteiger charge is -2.32. The van der Waals surface area contributed by atoms with Crippen LogP contribution in [0.3, 0.4) is 0 Å². The molecule has 1 aliphatic carbocycles. The molecule has 11 heteroatoms. The van der Waals surface area contributed by atoms with Gasteiger partial charge in [-0.3, -0.25) is 24.3 Å². The van der Waals surface area contributed by atoms with Gasteiger partial charge in [0.15, 0.2) is 0 Å². The third-order valence-electron chi connectivity index (χ3n) is 4.59. The lowest BCUT2D eigenvalue weighted by Crippen LogP contribution is -2.57. The Bertz CT molecular complexity index is 944. The fourth-order valence-corrected chi connectivity index (χ4v) is 3.64. The van der Waals surface area contributed by atoms with Crippen LogP contribution in [0.15, 0.2) is 48.1 Å². The van der Waals surface area contributed by atoms with E-state index in [0.717, 1.165) is 0 Å². The number of hydrogen-bond donors (Lipinski definition) is 4. The van der Waals surface area contributed by atoms with Gasteiger partial charge in [-0.2, -0.15) is 8.42 Å². The van der Waals surface area contributed by atoms with Crippen LogP contribution in [0.1, 0.15) is 40.0 Å². The van der Waals surface area contributed by atoms with Gasteiger partial charge in [0.05, 0.1) is 5.75 Å². The van der Waals surface area contributed by atoms with Crippen molar-refractivity contribution in [3.8, 4) is 0 Å². The highest BCUT2D eigenvalue weighted by atomic mass is 32.2. The fourth-order valence-electron chi connectivity index (χ4n) is 3.15. The molecule has 4 N–H and O–H groups in total. The van der Waals surface area contributed by atoms with Crippen molar-refractivity contribution in [1.82, 2.24) is 15.5 Å². The van der Waals surface area contributed by atoms with E-state index in [2.05, 4.69) is 10.6 Å². The topological polar surface area (TPSA) is 153 Å². The molecule has 0 radical (unpaired) electrons. The van der Waals surface area contributed by atoms with Crippen LogP contribution in [0.4, 0.5) is 0 Å². The molecule has 0 spiro atoms. The van der Waals surface area contributed by atoms with Crippen LogP contribution in [0.5, 0.6) is 0 Å². The minimum absolute atomic E-state index is 0.0101. The van der Waals surface area contributed by atoms with Crippen molar-refractivity contribution in [2.24, 2.45) is 0 Å².